The molecule has 4 aliphatic heterocycles. The van der Waals surface area contributed by atoms with Crippen LogP contribution in [0.3, 0.4) is 0 Å². The zero-order valence-electron chi connectivity index (χ0n) is 28.9. The van der Waals surface area contributed by atoms with Crippen molar-refractivity contribution in [3.05, 3.63) is 116 Å². The highest BCUT2D eigenvalue weighted by Crippen LogP contribution is 2.51. The largest absolute Gasteiger partial charge is 0.324 e. The van der Waals surface area contributed by atoms with Crippen LogP contribution >= 0.6 is 23.4 Å². The molecule has 14 heteroatoms. The first kappa shape index (κ1) is 34.5. The highest BCUT2D eigenvalue weighted by atomic mass is 35.5. The summed E-state index contributed by atoms with van der Waals surface area (Å²) in [5.41, 5.74) is 5.09. The lowest BCUT2D eigenvalue weighted by Gasteiger charge is -2.27. The lowest BCUT2D eigenvalue weighted by Crippen LogP contribution is -2.54. The van der Waals surface area contributed by atoms with E-state index in [1.165, 1.54) is 0 Å². The minimum absolute atomic E-state index is 0.0158. The molecule has 1 fully saturated rings. The maximum Gasteiger partial charge on any atom is 0.262 e. The van der Waals surface area contributed by atoms with Gasteiger partial charge in [0.2, 0.25) is 11.8 Å². The van der Waals surface area contributed by atoms with E-state index < -0.39 is 29.7 Å². The first-order chi connectivity index (χ1) is 25.7. The molecule has 4 amide bonds. The van der Waals surface area contributed by atoms with E-state index in [0.717, 1.165) is 50.4 Å². The average molecular weight is 745 g/mol. The Bertz CT molecular complexity index is 2360. The minimum Gasteiger partial charge on any atom is -0.324 e. The molecule has 0 spiro atoms. The van der Waals surface area contributed by atoms with Crippen LogP contribution in [0.5, 0.6) is 0 Å². The average Bonchev–Trinajstić information content (AvgIpc) is 3.87. The Hall–Kier alpha value is -5.58. The third-order valence-electron chi connectivity index (χ3n) is 9.95. The number of piperidine rings is 1. The van der Waals surface area contributed by atoms with Gasteiger partial charge in [-0.05, 0) is 73.9 Å². The van der Waals surface area contributed by atoms with Gasteiger partial charge >= 0.3 is 0 Å². The molecule has 6 heterocycles. The quantitative estimate of drug-likeness (QED) is 0.148. The zero-order chi connectivity index (χ0) is 36.8. The van der Waals surface area contributed by atoms with Crippen molar-refractivity contribution in [2.75, 3.05) is 0 Å². The van der Waals surface area contributed by atoms with Gasteiger partial charge in [0.1, 0.15) is 17.6 Å². The van der Waals surface area contributed by atoms with Crippen LogP contribution in [0.2, 0.25) is 5.02 Å². The number of halogens is 1. The van der Waals surface area contributed by atoms with Crippen molar-refractivity contribution in [2.24, 2.45) is 10.9 Å². The molecule has 53 heavy (non-hydrogen) atoms. The number of imide groups is 2. The van der Waals surface area contributed by atoms with Crippen LogP contribution in [0, 0.1) is 24.7 Å². The van der Waals surface area contributed by atoms with Gasteiger partial charge in [0.05, 0.1) is 52.1 Å². The minimum atomic E-state index is -1.00. The van der Waals surface area contributed by atoms with E-state index in [-0.39, 0.29) is 35.3 Å². The van der Waals surface area contributed by atoms with Gasteiger partial charge in [0.25, 0.3) is 11.8 Å². The molecule has 0 aliphatic carbocycles. The number of hydrogen-bond donors (Lipinski definition) is 1. The topological polar surface area (TPSA) is 144 Å². The number of thioether (sulfide) groups is 1. The van der Waals surface area contributed by atoms with Crippen LogP contribution in [-0.2, 0) is 22.7 Å². The monoisotopic (exact) mass is 744 g/mol. The lowest BCUT2D eigenvalue weighted by molar-refractivity contribution is -0.136. The molecule has 2 aromatic heterocycles. The summed E-state index contributed by atoms with van der Waals surface area (Å²) in [7, 11) is 0. The van der Waals surface area contributed by atoms with Gasteiger partial charge in [-0.15, -0.1) is 10.2 Å². The molecule has 12 nitrogen and oxygen atoms in total. The summed E-state index contributed by atoms with van der Waals surface area (Å²) in [5.74, 6) is 6.38. The van der Waals surface area contributed by atoms with Crippen molar-refractivity contribution in [3.8, 4) is 11.8 Å². The van der Waals surface area contributed by atoms with E-state index in [4.69, 9.17) is 16.6 Å². The number of aromatic nitrogens is 5. The van der Waals surface area contributed by atoms with Crippen LogP contribution in [0.25, 0.3) is 6.08 Å². The van der Waals surface area contributed by atoms with Crippen molar-refractivity contribution < 1.29 is 19.2 Å². The summed E-state index contributed by atoms with van der Waals surface area (Å²) in [6.45, 7) is 5.22. The van der Waals surface area contributed by atoms with Crippen molar-refractivity contribution >= 4 is 58.8 Å². The Kier molecular flexibility index (Phi) is 9.18. The van der Waals surface area contributed by atoms with Crippen molar-refractivity contribution in [2.45, 2.75) is 64.0 Å². The first-order valence-electron chi connectivity index (χ1n) is 17.3. The van der Waals surface area contributed by atoms with Gasteiger partial charge in [0, 0.05) is 18.0 Å². The molecule has 8 rings (SSSR count). The number of amides is 4. The van der Waals surface area contributed by atoms with Crippen LogP contribution in [0.15, 0.2) is 76.5 Å². The van der Waals surface area contributed by atoms with Gasteiger partial charge in [-0.2, -0.15) is 0 Å². The Balaban J connectivity index is 0.954. The smallest absolute Gasteiger partial charge is 0.262 e. The molecule has 266 valence electrons. The summed E-state index contributed by atoms with van der Waals surface area (Å²) in [6, 6.07) is 11.9. The number of aliphatic imine (C=N–C) groups is 1. The second kappa shape index (κ2) is 14.1. The third kappa shape index (κ3) is 6.32. The van der Waals surface area contributed by atoms with Gasteiger partial charge < -0.3 is 4.57 Å². The molecular weight excluding hydrogens is 712 g/mol. The number of fused-ring (bicyclic) bond motifs is 4. The number of nitrogens with one attached hydrogen (secondary N) is 1. The highest BCUT2D eigenvalue weighted by Gasteiger charge is 2.45. The number of allylic oxidation sites excluding steroid dienone is 3. The molecule has 0 bridgehead atoms. The number of nitrogens with zero attached hydrogens (tertiary/aromatic N) is 7. The van der Waals surface area contributed by atoms with Crippen molar-refractivity contribution in [1.82, 2.24) is 34.5 Å². The SMILES string of the molecule is CC1=C(C#Cc2cncn2CCC/C=C/c2cccc3c2C(=O)N(C2CCC(=O)NC2=O)C3=O)SC2C1C(c1ccc(Cl)cc1)=NCc1nnc(C)n12. The Morgan fingerprint density at radius 3 is 2.68 bits per heavy atom. The summed E-state index contributed by atoms with van der Waals surface area (Å²) < 4.78 is 4.21. The zero-order valence-corrected chi connectivity index (χ0v) is 30.4. The normalized spacial score (nSPS) is 20.9. The number of carbonyl (C=O) groups is 4. The number of unbranched alkanes of at least 4 members (excludes halogenated alkanes) is 1. The first-order valence-corrected chi connectivity index (χ1v) is 18.6. The van der Waals surface area contributed by atoms with Crippen LogP contribution in [-0.4, -0.2) is 64.6 Å². The van der Waals surface area contributed by atoms with Crippen molar-refractivity contribution in [3.63, 3.8) is 0 Å². The molecular formula is C39H33ClN8O4S. The number of benzene rings is 2. The Morgan fingerprint density at radius 2 is 1.87 bits per heavy atom. The molecule has 3 atom stereocenters. The second-order valence-corrected chi connectivity index (χ2v) is 14.8. The van der Waals surface area contributed by atoms with E-state index in [9.17, 15) is 19.2 Å². The lowest BCUT2D eigenvalue weighted by atomic mass is 9.90. The Morgan fingerprint density at radius 1 is 1.04 bits per heavy atom. The van der Waals surface area contributed by atoms with Crippen LogP contribution in [0.4, 0.5) is 0 Å². The molecule has 2 aromatic carbocycles. The van der Waals surface area contributed by atoms with Gasteiger partial charge in [-0.3, -0.25) is 39.0 Å². The predicted octanol–water partition coefficient (Wildman–Crippen LogP) is 5.52. The van der Waals surface area contributed by atoms with E-state index >= 15 is 0 Å². The fraction of sp³-hybridized carbons (Fsp3) is 0.282. The summed E-state index contributed by atoms with van der Waals surface area (Å²) in [6.07, 6.45) is 9.02. The van der Waals surface area contributed by atoms with E-state index in [1.807, 2.05) is 47.9 Å². The summed E-state index contributed by atoms with van der Waals surface area (Å²) >= 11 is 7.92. The van der Waals surface area contributed by atoms with Crippen LogP contribution in [0.1, 0.15) is 87.2 Å². The second-order valence-electron chi connectivity index (χ2n) is 13.2. The predicted molar refractivity (Wildman–Crippen MR) is 200 cm³/mol. The van der Waals surface area contributed by atoms with E-state index in [2.05, 4.69) is 43.8 Å². The molecule has 4 aliphatic rings. The molecule has 1 N–H and O–H groups in total. The van der Waals surface area contributed by atoms with Crippen LogP contribution < -0.4 is 5.32 Å². The van der Waals surface area contributed by atoms with E-state index in [0.29, 0.717) is 30.1 Å². The van der Waals surface area contributed by atoms with Gasteiger partial charge in [-0.25, -0.2) is 4.98 Å². The fourth-order valence-corrected chi connectivity index (χ4v) is 8.94. The molecule has 1 saturated heterocycles. The third-order valence-corrected chi connectivity index (χ3v) is 11.6. The standard InChI is InChI=1S/C39H33ClN8O4S/c1-22-30(53-39-33(22)35(25-10-12-26(40)13-11-25)42-20-31-45-44-23(2)47(31)39)16-14-27-19-41-21-46(27)18-5-3-4-7-24-8-6-9-28-34(24)38(52)48(37(28)51)29-15-17-32(49)43-36(29)50/h4,6-13,19,21,29,33,39H,3,5,15,17-18,20H2,1-2H3,(H,43,49,50)/b7-4+. The maximum absolute atomic E-state index is 13.4. The fourth-order valence-electron chi connectivity index (χ4n) is 7.30. The number of carbonyl (C=O) groups excluding carboxylic acids is 4. The summed E-state index contributed by atoms with van der Waals surface area (Å²) in [5, 5.41) is 11.7. The Labute approximate surface area is 314 Å². The highest BCUT2D eigenvalue weighted by molar-refractivity contribution is 8.03. The molecule has 3 unspecified atom stereocenters. The molecule has 0 radical (unpaired) electrons. The number of rotatable bonds is 7. The molecule has 0 saturated carbocycles. The number of aryl methyl sites for hydroxylation is 2. The maximum atomic E-state index is 13.4. The molecule has 4 aromatic rings. The number of imidazole rings is 1. The van der Waals surface area contributed by atoms with Crippen molar-refractivity contribution in [1.29, 1.82) is 0 Å². The van der Waals surface area contributed by atoms with Gasteiger partial charge in [0.15, 0.2) is 5.82 Å². The van der Waals surface area contributed by atoms with E-state index in [1.54, 1.807) is 42.5 Å². The number of hydrogen-bond acceptors (Lipinski definition) is 9. The summed E-state index contributed by atoms with van der Waals surface area (Å²) in [4.78, 5) is 62.0. The van der Waals surface area contributed by atoms with Gasteiger partial charge in [-0.1, -0.05) is 65.7 Å².